The van der Waals surface area contributed by atoms with E-state index in [2.05, 4.69) is 27.1 Å². The molecular weight excluding hydrogens is 236 g/mol. The van der Waals surface area contributed by atoms with Crippen LogP contribution in [0.3, 0.4) is 0 Å². The van der Waals surface area contributed by atoms with Crippen LogP contribution in [0.1, 0.15) is 19.8 Å². The molecule has 1 fully saturated rings. The molecule has 0 radical (unpaired) electrons. The van der Waals surface area contributed by atoms with Gasteiger partial charge in [-0.15, -0.1) is 0 Å². The Bertz CT molecular complexity index is 352. The van der Waals surface area contributed by atoms with E-state index in [1.807, 2.05) is 0 Å². The number of halogens is 1. The zero-order valence-corrected chi connectivity index (χ0v) is 11.0. The summed E-state index contributed by atoms with van der Waals surface area (Å²) in [5, 5.41) is 3.86. The molecule has 0 bridgehead atoms. The number of hydrogen-bond donors (Lipinski definition) is 1. The summed E-state index contributed by atoms with van der Waals surface area (Å²) in [5.74, 6) is 1.33. The predicted octanol–water partition coefficient (Wildman–Crippen LogP) is 2.27. The summed E-state index contributed by atoms with van der Waals surface area (Å²) in [7, 11) is 0. The molecule has 0 amide bonds. The summed E-state index contributed by atoms with van der Waals surface area (Å²) < 4.78 is 0. The zero-order chi connectivity index (χ0) is 12.1. The van der Waals surface area contributed by atoms with Gasteiger partial charge in [0.05, 0.1) is 6.20 Å². The molecule has 0 saturated carbocycles. The Morgan fingerprint density at radius 1 is 1.47 bits per heavy atom. The average Bonchev–Trinajstić information content (AvgIpc) is 2.81. The smallest absolute Gasteiger partial charge is 0.148 e. The first kappa shape index (κ1) is 12.6. The first-order chi connectivity index (χ1) is 8.25. The minimum Gasteiger partial charge on any atom is -0.368 e. The summed E-state index contributed by atoms with van der Waals surface area (Å²) in [6.07, 6.45) is 5.82. The molecular formula is C12H19ClN4. The zero-order valence-electron chi connectivity index (χ0n) is 10.2. The second kappa shape index (κ2) is 6.17. The van der Waals surface area contributed by atoms with Gasteiger partial charge in [-0.2, -0.15) is 0 Å². The maximum Gasteiger partial charge on any atom is 0.148 e. The van der Waals surface area contributed by atoms with Crippen molar-refractivity contribution in [2.45, 2.75) is 19.8 Å². The second-order valence-electron chi connectivity index (χ2n) is 4.71. The van der Waals surface area contributed by atoms with E-state index in [0.717, 1.165) is 18.9 Å². The van der Waals surface area contributed by atoms with Crippen LogP contribution in [-0.2, 0) is 0 Å². The average molecular weight is 255 g/mol. The molecule has 2 heterocycles. The van der Waals surface area contributed by atoms with Crippen molar-refractivity contribution in [1.82, 2.24) is 14.9 Å². The largest absolute Gasteiger partial charge is 0.368 e. The highest BCUT2D eigenvalue weighted by atomic mass is 35.5. The molecule has 0 spiro atoms. The molecule has 2 rings (SSSR count). The van der Waals surface area contributed by atoms with Crippen LogP contribution in [0.2, 0.25) is 5.02 Å². The molecule has 1 aliphatic rings. The number of anilines is 1. The first-order valence-electron chi connectivity index (χ1n) is 6.17. The van der Waals surface area contributed by atoms with E-state index in [4.69, 9.17) is 11.6 Å². The first-order valence-corrected chi connectivity index (χ1v) is 6.55. The second-order valence-corrected chi connectivity index (χ2v) is 5.12. The Hall–Kier alpha value is -0.870. The number of rotatable bonds is 5. The minimum absolute atomic E-state index is 0.584. The summed E-state index contributed by atoms with van der Waals surface area (Å²) >= 11 is 5.98. The van der Waals surface area contributed by atoms with Gasteiger partial charge in [0.2, 0.25) is 0 Å². The van der Waals surface area contributed by atoms with Crippen LogP contribution in [0, 0.1) is 5.92 Å². The van der Waals surface area contributed by atoms with Crippen LogP contribution in [-0.4, -0.2) is 41.0 Å². The van der Waals surface area contributed by atoms with Crippen LogP contribution in [0.4, 0.5) is 5.82 Å². The number of aromatic nitrogens is 2. The molecule has 5 heteroatoms. The molecule has 1 aromatic heterocycles. The maximum absolute atomic E-state index is 5.98. The van der Waals surface area contributed by atoms with Crippen LogP contribution in [0.25, 0.3) is 0 Å². The van der Waals surface area contributed by atoms with Crippen molar-refractivity contribution in [3.63, 3.8) is 0 Å². The van der Waals surface area contributed by atoms with Gasteiger partial charge in [0.15, 0.2) is 0 Å². The van der Waals surface area contributed by atoms with Gasteiger partial charge in [0, 0.05) is 13.1 Å². The molecule has 1 aromatic rings. The van der Waals surface area contributed by atoms with Crippen molar-refractivity contribution in [3.05, 3.63) is 17.5 Å². The molecule has 17 heavy (non-hydrogen) atoms. The highest BCUT2D eigenvalue weighted by molar-refractivity contribution is 6.32. The van der Waals surface area contributed by atoms with Crippen LogP contribution in [0.5, 0.6) is 0 Å². The van der Waals surface area contributed by atoms with Gasteiger partial charge >= 0.3 is 0 Å². The number of likely N-dealkylation sites (tertiary alicyclic amines) is 1. The Morgan fingerprint density at radius 3 is 2.94 bits per heavy atom. The standard InChI is InChI=1S/C12H19ClN4/c1-10(8-17-4-2-3-5-17)6-15-12-11(13)7-14-9-16-12/h7,9-10H,2-6,8H2,1H3,(H,14,15,16). The van der Waals surface area contributed by atoms with E-state index >= 15 is 0 Å². The van der Waals surface area contributed by atoms with Gasteiger partial charge in [0.25, 0.3) is 0 Å². The lowest BCUT2D eigenvalue weighted by molar-refractivity contribution is 0.294. The van der Waals surface area contributed by atoms with Crippen LogP contribution in [0.15, 0.2) is 12.5 Å². The van der Waals surface area contributed by atoms with E-state index in [0.29, 0.717) is 10.9 Å². The molecule has 0 aliphatic carbocycles. The lowest BCUT2D eigenvalue weighted by Crippen LogP contribution is -2.29. The third-order valence-electron chi connectivity index (χ3n) is 3.05. The number of nitrogens with zero attached hydrogens (tertiary/aromatic N) is 3. The fourth-order valence-corrected chi connectivity index (χ4v) is 2.36. The van der Waals surface area contributed by atoms with Gasteiger partial charge in [0.1, 0.15) is 17.2 Å². The molecule has 1 aliphatic heterocycles. The van der Waals surface area contributed by atoms with Gasteiger partial charge in [-0.3, -0.25) is 0 Å². The monoisotopic (exact) mass is 254 g/mol. The summed E-state index contributed by atoms with van der Waals surface area (Å²) in [4.78, 5) is 10.5. The summed E-state index contributed by atoms with van der Waals surface area (Å²) in [5.41, 5.74) is 0. The van der Waals surface area contributed by atoms with Crippen molar-refractivity contribution in [1.29, 1.82) is 0 Å². The number of nitrogens with one attached hydrogen (secondary N) is 1. The Morgan fingerprint density at radius 2 is 2.24 bits per heavy atom. The molecule has 94 valence electrons. The van der Waals surface area contributed by atoms with E-state index in [-0.39, 0.29) is 0 Å². The van der Waals surface area contributed by atoms with Gasteiger partial charge < -0.3 is 10.2 Å². The molecule has 1 unspecified atom stereocenters. The lowest BCUT2D eigenvalue weighted by Gasteiger charge is -2.20. The fourth-order valence-electron chi connectivity index (χ4n) is 2.18. The third-order valence-corrected chi connectivity index (χ3v) is 3.33. The fraction of sp³-hybridized carbons (Fsp3) is 0.667. The number of hydrogen-bond acceptors (Lipinski definition) is 4. The van der Waals surface area contributed by atoms with Crippen molar-refractivity contribution >= 4 is 17.4 Å². The Labute approximate surface area is 107 Å². The third kappa shape index (κ3) is 3.82. The Balaban J connectivity index is 1.75. The van der Waals surface area contributed by atoms with E-state index in [1.54, 1.807) is 6.20 Å². The molecule has 1 saturated heterocycles. The highest BCUT2D eigenvalue weighted by Crippen LogP contribution is 2.17. The van der Waals surface area contributed by atoms with E-state index in [9.17, 15) is 0 Å². The molecule has 1 atom stereocenters. The lowest BCUT2D eigenvalue weighted by atomic mass is 10.1. The van der Waals surface area contributed by atoms with Crippen LogP contribution >= 0.6 is 11.6 Å². The van der Waals surface area contributed by atoms with Crippen molar-refractivity contribution in [3.8, 4) is 0 Å². The quantitative estimate of drug-likeness (QED) is 0.875. The normalized spacial score (nSPS) is 18.2. The van der Waals surface area contributed by atoms with Crippen LogP contribution < -0.4 is 5.32 Å². The SMILES string of the molecule is CC(CNc1ncncc1Cl)CN1CCCC1. The van der Waals surface area contributed by atoms with Crippen molar-refractivity contribution in [2.75, 3.05) is 31.5 Å². The minimum atomic E-state index is 0.584. The summed E-state index contributed by atoms with van der Waals surface area (Å²) in [6, 6.07) is 0. The topological polar surface area (TPSA) is 41.1 Å². The van der Waals surface area contributed by atoms with Gasteiger partial charge in [-0.25, -0.2) is 9.97 Å². The molecule has 1 N–H and O–H groups in total. The van der Waals surface area contributed by atoms with Gasteiger partial charge in [-0.1, -0.05) is 18.5 Å². The predicted molar refractivity (Wildman–Crippen MR) is 70.4 cm³/mol. The molecule has 4 nitrogen and oxygen atoms in total. The van der Waals surface area contributed by atoms with E-state index < -0.39 is 0 Å². The summed E-state index contributed by atoms with van der Waals surface area (Å²) in [6.45, 7) is 6.79. The highest BCUT2D eigenvalue weighted by Gasteiger charge is 2.14. The Kier molecular flexibility index (Phi) is 4.57. The van der Waals surface area contributed by atoms with Crippen molar-refractivity contribution in [2.24, 2.45) is 5.92 Å². The van der Waals surface area contributed by atoms with Gasteiger partial charge in [-0.05, 0) is 31.8 Å². The molecule has 0 aromatic carbocycles. The van der Waals surface area contributed by atoms with E-state index in [1.165, 1.54) is 32.3 Å². The maximum atomic E-state index is 5.98. The van der Waals surface area contributed by atoms with Crippen molar-refractivity contribution < 1.29 is 0 Å².